The van der Waals surface area contributed by atoms with E-state index in [1.165, 1.54) is 30.2 Å². The van der Waals surface area contributed by atoms with Crippen LogP contribution in [0.25, 0.3) is 6.08 Å². The highest BCUT2D eigenvalue weighted by molar-refractivity contribution is 8.26. The molecule has 1 aliphatic heterocycles. The van der Waals surface area contributed by atoms with E-state index >= 15 is 0 Å². The Hall–Kier alpha value is -2.13. The molecule has 0 aliphatic carbocycles. The zero-order valence-corrected chi connectivity index (χ0v) is 12.7. The van der Waals surface area contributed by atoms with E-state index < -0.39 is 16.4 Å². The number of rotatable bonds is 3. The number of carbonyl (C=O) groups is 1. The van der Waals surface area contributed by atoms with Crippen molar-refractivity contribution in [3.8, 4) is 11.5 Å². The molecule has 2 rings (SSSR count). The van der Waals surface area contributed by atoms with Gasteiger partial charge in [0.1, 0.15) is 4.32 Å². The molecule has 1 N–H and O–H groups in total. The number of amides is 1. The number of nitro groups is 1. The van der Waals surface area contributed by atoms with Gasteiger partial charge in [-0.15, -0.1) is 0 Å². The summed E-state index contributed by atoms with van der Waals surface area (Å²) < 4.78 is 5.31. The third kappa shape index (κ3) is 2.83. The van der Waals surface area contributed by atoms with Gasteiger partial charge in [0.25, 0.3) is 5.91 Å². The first-order chi connectivity index (χ1) is 9.85. The van der Waals surface area contributed by atoms with Crippen molar-refractivity contribution < 1.29 is 19.6 Å². The van der Waals surface area contributed by atoms with E-state index in [2.05, 4.69) is 0 Å². The maximum atomic E-state index is 11.9. The SMILES string of the molecule is COc1cc(C=C2SC(=S)N(C)C2=O)cc([N+](=O)[O-])c1O. The topological polar surface area (TPSA) is 92.9 Å². The van der Waals surface area contributed by atoms with Crippen molar-refractivity contribution >= 4 is 46.0 Å². The molecule has 0 unspecified atom stereocenters. The number of likely N-dealkylation sites (N-methyl/N-ethyl adjacent to an activating group) is 1. The van der Waals surface area contributed by atoms with Crippen LogP contribution in [0.4, 0.5) is 5.69 Å². The first kappa shape index (κ1) is 15.3. The number of hydrogen-bond acceptors (Lipinski definition) is 7. The molecule has 1 heterocycles. The molecule has 0 saturated carbocycles. The first-order valence-electron chi connectivity index (χ1n) is 5.62. The number of carbonyl (C=O) groups excluding carboxylic acids is 1. The molecule has 0 radical (unpaired) electrons. The molecular weight excluding hydrogens is 316 g/mol. The maximum Gasteiger partial charge on any atom is 0.315 e. The van der Waals surface area contributed by atoms with E-state index in [1.54, 1.807) is 7.05 Å². The van der Waals surface area contributed by atoms with Gasteiger partial charge in [0.05, 0.1) is 16.9 Å². The number of methoxy groups -OCH3 is 1. The summed E-state index contributed by atoms with van der Waals surface area (Å²) in [5.41, 5.74) is -0.127. The maximum absolute atomic E-state index is 11.9. The van der Waals surface area contributed by atoms with Crippen molar-refractivity contribution in [2.45, 2.75) is 0 Å². The number of ether oxygens (including phenoxy) is 1. The van der Waals surface area contributed by atoms with Crippen LogP contribution in [-0.2, 0) is 4.79 Å². The molecule has 1 saturated heterocycles. The van der Waals surface area contributed by atoms with Gasteiger partial charge in [0, 0.05) is 13.1 Å². The van der Waals surface area contributed by atoms with E-state index in [9.17, 15) is 20.0 Å². The lowest BCUT2D eigenvalue weighted by atomic mass is 10.1. The second kappa shape index (κ2) is 5.70. The highest BCUT2D eigenvalue weighted by Crippen LogP contribution is 2.39. The summed E-state index contributed by atoms with van der Waals surface area (Å²) in [6.45, 7) is 0. The molecule has 0 bridgehead atoms. The number of benzene rings is 1. The Labute approximate surface area is 129 Å². The lowest BCUT2D eigenvalue weighted by Crippen LogP contribution is -2.22. The molecule has 0 aromatic heterocycles. The fraction of sp³-hybridized carbons (Fsp3) is 0.167. The Morgan fingerprint density at radius 3 is 2.67 bits per heavy atom. The predicted octanol–water partition coefficient (Wildman–Crippen LogP) is 2.14. The van der Waals surface area contributed by atoms with Crippen LogP contribution in [0.15, 0.2) is 17.0 Å². The Kier molecular flexibility index (Phi) is 4.14. The minimum absolute atomic E-state index is 0.0394. The zero-order valence-electron chi connectivity index (χ0n) is 11.0. The quantitative estimate of drug-likeness (QED) is 0.394. The average molecular weight is 326 g/mol. The molecule has 7 nitrogen and oxygen atoms in total. The molecule has 1 aromatic rings. The summed E-state index contributed by atoms with van der Waals surface area (Å²) in [7, 11) is 2.84. The van der Waals surface area contributed by atoms with Crippen LogP contribution in [0, 0.1) is 10.1 Å². The summed E-state index contributed by atoms with van der Waals surface area (Å²) in [5, 5.41) is 20.6. The summed E-state index contributed by atoms with van der Waals surface area (Å²) in [6.07, 6.45) is 1.47. The molecule has 9 heteroatoms. The summed E-state index contributed by atoms with van der Waals surface area (Å²) in [6, 6.07) is 2.57. The fourth-order valence-electron chi connectivity index (χ4n) is 1.69. The van der Waals surface area contributed by atoms with Gasteiger partial charge >= 0.3 is 5.69 Å². The lowest BCUT2D eigenvalue weighted by Gasteiger charge is -2.06. The number of phenolic OH excluding ortho intramolecular Hbond substituents is 1. The number of hydrogen-bond donors (Lipinski definition) is 1. The van der Waals surface area contributed by atoms with Crippen molar-refractivity contribution in [3.05, 3.63) is 32.7 Å². The van der Waals surface area contributed by atoms with Crippen LogP contribution < -0.4 is 4.74 Å². The van der Waals surface area contributed by atoms with Gasteiger partial charge in [0.15, 0.2) is 5.75 Å². The second-order valence-corrected chi connectivity index (χ2v) is 5.76. The van der Waals surface area contributed by atoms with Crippen LogP contribution in [0.5, 0.6) is 11.5 Å². The van der Waals surface area contributed by atoms with Gasteiger partial charge in [-0.3, -0.25) is 19.8 Å². The van der Waals surface area contributed by atoms with Crippen molar-refractivity contribution in [1.82, 2.24) is 4.90 Å². The molecule has 1 aliphatic rings. The van der Waals surface area contributed by atoms with Crippen LogP contribution in [-0.4, -0.2) is 39.3 Å². The number of nitrogens with zero attached hydrogens (tertiary/aromatic N) is 2. The van der Waals surface area contributed by atoms with E-state index in [4.69, 9.17) is 17.0 Å². The highest BCUT2D eigenvalue weighted by atomic mass is 32.2. The Morgan fingerprint density at radius 1 is 1.52 bits per heavy atom. The fourth-order valence-corrected chi connectivity index (χ4v) is 2.87. The van der Waals surface area contributed by atoms with Crippen molar-refractivity contribution in [3.63, 3.8) is 0 Å². The molecule has 1 amide bonds. The summed E-state index contributed by atoms with van der Waals surface area (Å²) in [4.78, 5) is 23.8. The molecular formula is C12H10N2O5S2. The van der Waals surface area contributed by atoms with E-state index in [0.29, 0.717) is 14.8 Å². The third-order valence-electron chi connectivity index (χ3n) is 2.78. The zero-order chi connectivity index (χ0) is 15.7. The lowest BCUT2D eigenvalue weighted by molar-refractivity contribution is -0.386. The molecule has 1 fully saturated rings. The largest absolute Gasteiger partial charge is 0.500 e. The van der Waals surface area contributed by atoms with Gasteiger partial charge in [0.2, 0.25) is 5.75 Å². The number of aromatic hydroxyl groups is 1. The third-order valence-corrected chi connectivity index (χ3v) is 4.26. The van der Waals surface area contributed by atoms with E-state index in [1.807, 2.05) is 0 Å². The molecule has 110 valence electrons. The number of thiocarbonyl (C=S) groups is 1. The molecule has 0 atom stereocenters. The first-order valence-corrected chi connectivity index (χ1v) is 6.84. The van der Waals surface area contributed by atoms with Crippen LogP contribution in [0.2, 0.25) is 0 Å². The monoisotopic (exact) mass is 326 g/mol. The van der Waals surface area contributed by atoms with Gasteiger partial charge < -0.3 is 9.84 Å². The molecule has 0 spiro atoms. The van der Waals surface area contributed by atoms with Crippen molar-refractivity contribution in [2.24, 2.45) is 0 Å². The summed E-state index contributed by atoms with van der Waals surface area (Å²) >= 11 is 6.11. The minimum Gasteiger partial charge on any atom is -0.500 e. The van der Waals surface area contributed by atoms with Crippen LogP contribution >= 0.6 is 24.0 Å². The number of thioether (sulfide) groups is 1. The van der Waals surface area contributed by atoms with Crippen LogP contribution in [0.1, 0.15) is 5.56 Å². The smallest absolute Gasteiger partial charge is 0.315 e. The summed E-state index contributed by atoms with van der Waals surface area (Å²) in [5.74, 6) is -0.871. The number of phenols is 1. The van der Waals surface area contributed by atoms with Gasteiger partial charge in [-0.1, -0.05) is 24.0 Å². The molecule has 21 heavy (non-hydrogen) atoms. The predicted molar refractivity (Wildman–Crippen MR) is 82.2 cm³/mol. The van der Waals surface area contributed by atoms with Crippen molar-refractivity contribution in [1.29, 1.82) is 0 Å². The van der Waals surface area contributed by atoms with Crippen LogP contribution in [0.3, 0.4) is 0 Å². The number of nitro benzene ring substituents is 1. The van der Waals surface area contributed by atoms with E-state index in [0.717, 1.165) is 11.8 Å². The molecule has 1 aromatic carbocycles. The second-order valence-electron chi connectivity index (χ2n) is 4.09. The Balaban J connectivity index is 2.51. The highest BCUT2D eigenvalue weighted by Gasteiger charge is 2.29. The van der Waals surface area contributed by atoms with Gasteiger partial charge in [-0.05, 0) is 17.7 Å². The van der Waals surface area contributed by atoms with E-state index in [-0.39, 0.29) is 11.7 Å². The average Bonchev–Trinajstić information content (AvgIpc) is 2.67. The Bertz CT molecular complexity index is 686. The normalized spacial score (nSPS) is 16.7. The minimum atomic E-state index is -0.722. The van der Waals surface area contributed by atoms with Gasteiger partial charge in [-0.25, -0.2) is 0 Å². The van der Waals surface area contributed by atoms with Gasteiger partial charge in [-0.2, -0.15) is 0 Å². The Morgan fingerprint density at radius 2 is 2.19 bits per heavy atom. The van der Waals surface area contributed by atoms with Crippen molar-refractivity contribution in [2.75, 3.05) is 14.2 Å². The standard InChI is InChI=1S/C12H10N2O5S2/c1-13-11(16)9(21-12(13)20)5-6-3-7(14(17)18)10(15)8(4-6)19-2/h3-5,15H,1-2H3.